The van der Waals surface area contributed by atoms with Crippen LogP contribution in [0.1, 0.15) is 5.56 Å². The summed E-state index contributed by atoms with van der Waals surface area (Å²) in [7, 11) is 0. The first-order chi connectivity index (χ1) is 10.2. The molecule has 3 heterocycles. The maximum atomic E-state index is 12.2. The highest BCUT2D eigenvalue weighted by Gasteiger charge is 2.23. The molecule has 110 valence electrons. The number of aryl methyl sites for hydroxylation is 1. The monoisotopic (exact) mass is 288 g/mol. The van der Waals surface area contributed by atoms with Gasteiger partial charge in [0.15, 0.2) is 6.10 Å². The van der Waals surface area contributed by atoms with Crippen LogP contribution in [0.5, 0.6) is 0 Å². The van der Waals surface area contributed by atoms with Crippen molar-refractivity contribution in [2.45, 2.75) is 13.0 Å². The fraction of sp³-hybridized carbons (Fsp3) is 0.357. The van der Waals surface area contributed by atoms with Crippen LogP contribution >= 0.6 is 0 Å². The molecule has 1 N–H and O–H groups in total. The molecule has 2 aromatic heterocycles. The van der Waals surface area contributed by atoms with Gasteiger partial charge in [0.2, 0.25) is 0 Å². The summed E-state index contributed by atoms with van der Waals surface area (Å²) in [6.45, 7) is 3.17. The second-order valence-corrected chi connectivity index (χ2v) is 4.78. The van der Waals surface area contributed by atoms with Crippen LogP contribution in [0.3, 0.4) is 0 Å². The molecule has 0 spiro atoms. The van der Waals surface area contributed by atoms with E-state index in [-0.39, 0.29) is 12.5 Å². The van der Waals surface area contributed by atoms with Gasteiger partial charge in [0.05, 0.1) is 43.6 Å². The fourth-order valence-electron chi connectivity index (χ4n) is 2.08. The fourth-order valence-corrected chi connectivity index (χ4v) is 2.08. The van der Waals surface area contributed by atoms with E-state index in [9.17, 15) is 4.79 Å². The Morgan fingerprint density at radius 1 is 1.43 bits per heavy atom. The minimum atomic E-state index is -0.592. The highest BCUT2D eigenvalue weighted by molar-refractivity contribution is 5.95. The SMILES string of the molecule is Cc1cnn(-c2ccncc2NC(=O)C2COCCO2)c1. The molecular formula is C14H16N4O3. The number of carbonyl (C=O) groups excluding carboxylic acids is 1. The summed E-state index contributed by atoms with van der Waals surface area (Å²) in [6, 6.07) is 1.79. The molecule has 3 rings (SSSR count). The van der Waals surface area contributed by atoms with E-state index < -0.39 is 6.10 Å². The minimum absolute atomic E-state index is 0.243. The maximum Gasteiger partial charge on any atom is 0.256 e. The lowest BCUT2D eigenvalue weighted by Gasteiger charge is -2.22. The van der Waals surface area contributed by atoms with Gasteiger partial charge in [0.1, 0.15) is 0 Å². The predicted octanol–water partition coefficient (Wildman–Crippen LogP) is 0.930. The van der Waals surface area contributed by atoms with Crippen LogP contribution in [-0.4, -0.2) is 46.6 Å². The smallest absolute Gasteiger partial charge is 0.256 e. The molecule has 1 atom stereocenters. The highest BCUT2D eigenvalue weighted by atomic mass is 16.6. The van der Waals surface area contributed by atoms with E-state index in [1.165, 1.54) is 0 Å². The van der Waals surface area contributed by atoms with E-state index in [1.54, 1.807) is 29.3 Å². The number of amides is 1. The van der Waals surface area contributed by atoms with E-state index in [0.29, 0.717) is 18.9 Å². The number of hydrogen-bond acceptors (Lipinski definition) is 5. The van der Waals surface area contributed by atoms with Crippen LogP contribution in [0.25, 0.3) is 5.69 Å². The Labute approximate surface area is 121 Å². The number of pyridine rings is 1. The third kappa shape index (κ3) is 3.09. The lowest BCUT2D eigenvalue weighted by Crippen LogP contribution is -2.39. The lowest BCUT2D eigenvalue weighted by molar-refractivity contribution is -0.142. The maximum absolute atomic E-state index is 12.2. The van der Waals surface area contributed by atoms with Gasteiger partial charge in [0.25, 0.3) is 5.91 Å². The summed E-state index contributed by atoms with van der Waals surface area (Å²) in [6.07, 6.45) is 6.29. The van der Waals surface area contributed by atoms with Gasteiger partial charge < -0.3 is 14.8 Å². The number of carbonyl (C=O) groups is 1. The standard InChI is InChI=1S/C14H16N4O3/c1-10-6-16-18(8-10)12-2-3-15-7-11(12)17-14(19)13-9-20-4-5-21-13/h2-3,6-8,13H,4-5,9H2,1H3,(H,17,19). The summed E-state index contributed by atoms with van der Waals surface area (Å²) in [5.74, 6) is -0.243. The molecule has 0 aromatic carbocycles. The molecule has 0 radical (unpaired) electrons. The van der Waals surface area contributed by atoms with Gasteiger partial charge in [-0.15, -0.1) is 0 Å². The van der Waals surface area contributed by atoms with Crippen molar-refractivity contribution in [3.63, 3.8) is 0 Å². The zero-order valence-corrected chi connectivity index (χ0v) is 11.7. The van der Waals surface area contributed by atoms with Crippen LogP contribution in [0.2, 0.25) is 0 Å². The Bertz CT molecular complexity index is 635. The summed E-state index contributed by atoms with van der Waals surface area (Å²) in [5, 5.41) is 7.07. The van der Waals surface area contributed by atoms with Crippen LogP contribution in [-0.2, 0) is 14.3 Å². The van der Waals surface area contributed by atoms with E-state index in [1.807, 2.05) is 13.1 Å². The van der Waals surface area contributed by atoms with Gasteiger partial charge in [-0.25, -0.2) is 4.68 Å². The molecule has 2 aromatic rings. The first-order valence-corrected chi connectivity index (χ1v) is 6.70. The summed E-state index contributed by atoms with van der Waals surface area (Å²) >= 11 is 0. The zero-order valence-electron chi connectivity index (χ0n) is 11.7. The van der Waals surface area contributed by atoms with Crippen molar-refractivity contribution in [2.24, 2.45) is 0 Å². The molecule has 0 aliphatic carbocycles. The predicted molar refractivity (Wildman–Crippen MR) is 75.3 cm³/mol. The van der Waals surface area contributed by atoms with Crippen molar-refractivity contribution in [3.8, 4) is 5.69 Å². The Hall–Kier alpha value is -2.25. The number of nitrogens with zero attached hydrogens (tertiary/aromatic N) is 3. The molecule has 1 aliphatic rings. The molecule has 0 bridgehead atoms. The van der Waals surface area contributed by atoms with E-state index >= 15 is 0 Å². The van der Waals surface area contributed by atoms with Crippen molar-refractivity contribution in [3.05, 3.63) is 36.4 Å². The number of hydrogen-bond donors (Lipinski definition) is 1. The molecule has 7 nitrogen and oxygen atoms in total. The summed E-state index contributed by atoms with van der Waals surface area (Å²) < 4.78 is 12.3. The Kier molecular flexibility index (Phi) is 3.94. The first-order valence-electron chi connectivity index (χ1n) is 6.70. The van der Waals surface area contributed by atoms with Gasteiger partial charge in [-0.2, -0.15) is 5.10 Å². The molecule has 1 unspecified atom stereocenters. The van der Waals surface area contributed by atoms with Crippen LogP contribution in [0, 0.1) is 6.92 Å². The number of ether oxygens (including phenoxy) is 2. The molecule has 1 amide bonds. The summed E-state index contributed by atoms with van der Waals surface area (Å²) in [4.78, 5) is 16.2. The van der Waals surface area contributed by atoms with Gasteiger partial charge >= 0.3 is 0 Å². The molecule has 1 aliphatic heterocycles. The largest absolute Gasteiger partial charge is 0.376 e. The quantitative estimate of drug-likeness (QED) is 0.909. The van der Waals surface area contributed by atoms with Crippen molar-refractivity contribution in [1.82, 2.24) is 14.8 Å². The lowest BCUT2D eigenvalue weighted by atomic mass is 10.3. The van der Waals surface area contributed by atoms with E-state index in [2.05, 4.69) is 15.4 Å². The second kappa shape index (κ2) is 6.02. The zero-order chi connectivity index (χ0) is 14.7. The number of anilines is 1. The average molecular weight is 288 g/mol. The van der Waals surface area contributed by atoms with Crippen molar-refractivity contribution >= 4 is 11.6 Å². The Morgan fingerprint density at radius 3 is 3.05 bits per heavy atom. The number of nitrogens with one attached hydrogen (secondary N) is 1. The minimum Gasteiger partial charge on any atom is -0.376 e. The van der Waals surface area contributed by atoms with Crippen molar-refractivity contribution in [1.29, 1.82) is 0 Å². The number of aromatic nitrogens is 3. The first kappa shape index (κ1) is 13.7. The highest BCUT2D eigenvalue weighted by Crippen LogP contribution is 2.19. The third-order valence-electron chi connectivity index (χ3n) is 3.12. The van der Waals surface area contributed by atoms with Gasteiger partial charge in [0, 0.05) is 12.4 Å². The molecule has 0 saturated carbocycles. The average Bonchev–Trinajstić information content (AvgIpc) is 2.95. The topological polar surface area (TPSA) is 78.3 Å². The third-order valence-corrected chi connectivity index (χ3v) is 3.12. The number of rotatable bonds is 3. The van der Waals surface area contributed by atoms with E-state index in [0.717, 1.165) is 11.3 Å². The summed E-state index contributed by atoms with van der Waals surface area (Å²) in [5.41, 5.74) is 2.37. The normalized spacial score (nSPS) is 18.4. The molecule has 1 fully saturated rings. The molecule has 21 heavy (non-hydrogen) atoms. The van der Waals surface area contributed by atoms with Crippen LogP contribution < -0.4 is 5.32 Å². The Morgan fingerprint density at radius 2 is 2.33 bits per heavy atom. The van der Waals surface area contributed by atoms with Crippen molar-refractivity contribution < 1.29 is 14.3 Å². The van der Waals surface area contributed by atoms with Crippen LogP contribution in [0.15, 0.2) is 30.9 Å². The van der Waals surface area contributed by atoms with Gasteiger partial charge in [-0.1, -0.05) is 0 Å². The van der Waals surface area contributed by atoms with Crippen LogP contribution in [0.4, 0.5) is 5.69 Å². The van der Waals surface area contributed by atoms with Gasteiger partial charge in [-0.3, -0.25) is 9.78 Å². The molecule has 7 heteroatoms. The Balaban J connectivity index is 1.80. The molecule has 1 saturated heterocycles. The second-order valence-electron chi connectivity index (χ2n) is 4.78. The molecular weight excluding hydrogens is 272 g/mol. The van der Waals surface area contributed by atoms with E-state index in [4.69, 9.17) is 9.47 Å². The van der Waals surface area contributed by atoms with Gasteiger partial charge in [-0.05, 0) is 18.6 Å². The van der Waals surface area contributed by atoms with Crippen molar-refractivity contribution in [2.75, 3.05) is 25.1 Å².